The molecule has 3 rings (SSSR count). The molecule has 0 amide bonds. The van der Waals surface area contributed by atoms with Gasteiger partial charge >= 0.3 is 0 Å². The largest absolute Gasteiger partial charge is 0.310 e. The van der Waals surface area contributed by atoms with Gasteiger partial charge in [0.05, 0.1) is 18.1 Å². The lowest BCUT2D eigenvalue weighted by molar-refractivity contribution is 0.292. The third-order valence-corrected chi connectivity index (χ3v) is 4.02. The van der Waals surface area contributed by atoms with Crippen molar-refractivity contribution in [1.82, 2.24) is 20.3 Å². The predicted molar refractivity (Wildman–Crippen MR) is 75.1 cm³/mol. The second kappa shape index (κ2) is 5.53. The van der Waals surface area contributed by atoms with Gasteiger partial charge in [-0.3, -0.25) is 0 Å². The van der Waals surface area contributed by atoms with Crippen LogP contribution in [0.1, 0.15) is 37.8 Å². The molecule has 0 spiro atoms. The first-order valence-electron chi connectivity index (χ1n) is 7.03. The Kier molecular flexibility index (Phi) is 3.60. The Hall–Kier alpha value is -1.68. The van der Waals surface area contributed by atoms with Gasteiger partial charge in [-0.1, -0.05) is 23.8 Å². The molecule has 0 bridgehead atoms. The predicted octanol–water partition coefficient (Wildman–Crippen LogP) is 2.72. The SMILES string of the molecule is C[C@@H](NCC1CCC1)c1ccc(-n2ccnn2)cc1. The van der Waals surface area contributed by atoms with Gasteiger partial charge in [0.25, 0.3) is 0 Å². The van der Waals surface area contributed by atoms with E-state index < -0.39 is 0 Å². The van der Waals surface area contributed by atoms with Gasteiger partial charge in [-0.25, -0.2) is 4.68 Å². The highest BCUT2D eigenvalue weighted by molar-refractivity contribution is 5.34. The average Bonchev–Trinajstić information content (AvgIpc) is 2.91. The maximum absolute atomic E-state index is 3.99. The third kappa shape index (κ3) is 2.84. The Bertz CT molecular complexity index is 499. The number of benzene rings is 1. The Morgan fingerprint density at radius 1 is 1.32 bits per heavy atom. The Morgan fingerprint density at radius 2 is 2.11 bits per heavy atom. The van der Waals surface area contributed by atoms with Crippen molar-refractivity contribution in [3.05, 3.63) is 42.2 Å². The molecule has 1 saturated carbocycles. The smallest absolute Gasteiger partial charge is 0.0697 e. The van der Waals surface area contributed by atoms with Gasteiger partial charge in [-0.05, 0) is 49.9 Å². The van der Waals surface area contributed by atoms with Crippen LogP contribution in [0.4, 0.5) is 0 Å². The van der Waals surface area contributed by atoms with Gasteiger partial charge in [-0.2, -0.15) is 0 Å². The van der Waals surface area contributed by atoms with Crippen LogP contribution in [0.3, 0.4) is 0 Å². The van der Waals surface area contributed by atoms with Gasteiger partial charge in [0.2, 0.25) is 0 Å². The molecule has 1 atom stereocenters. The second-order valence-corrected chi connectivity index (χ2v) is 5.37. The first kappa shape index (κ1) is 12.4. The number of aromatic nitrogens is 3. The highest BCUT2D eigenvalue weighted by Gasteiger charge is 2.17. The lowest BCUT2D eigenvalue weighted by atomic mass is 9.85. The molecule has 1 aromatic carbocycles. The summed E-state index contributed by atoms with van der Waals surface area (Å²) in [5.41, 5.74) is 2.37. The summed E-state index contributed by atoms with van der Waals surface area (Å²) in [6, 6.07) is 8.91. The highest BCUT2D eigenvalue weighted by Crippen LogP contribution is 2.26. The number of nitrogens with one attached hydrogen (secondary N) is 1. The van der Waals surface area contributed by atoms with Crippen LogP contribution in [0.15, 0.2) is 36.7 Å². The maximum atomic E-state index is 3.99. The number of hydrogen-bond acceptors (Lipinski definition) is 3. The summed E-state index contributed by atoms with van der Waals surface area (Å²) in [5.74, 6) is 0.900. The fourth-order valence-electron chi connectivity index (χ4n) is 2.42. The highest BCUT2D eigenvalue weighted by atomic mass is 15.4. The molecule has 19 heavy (non-hydrogen) atoms. The number of nitrogens with zero attached hydrogens (tertiary/aromatic N) is 3. The Balaban J connectivity index is 1.61. The van der Waals surface area contributed by atoms with Crippen molar-refractivity contribution in [3.63, 3.8) is 0 Å². The van der Waals surface area contributed by atoms with Crippen molar-refractivity contribution in [2.24, 2.45) is 5.92 Å². The first-order chi connectivity index (χ1) is 9.33. The van der Waals surface area contributed by atoms with E-state index >= 15 is 0 Å². The average molecular weight is 256 g/mol. The van der Waals surface area contributed by atoms with Gasteiger partial charge in [0, 0.05) is 6.04 Å². The van der Waals surface area contributed by atoms with Crippen LogP contribution in [0.2, 0.25) is 0 Å². The van der Waals surface area contributed by atoms with Crippen molar-refractivity contribution >= 4 is 0 Å². The summed E-state index contributed by atoms with van der Waals surface area (Å²) in [6.45, 7) is 3.37. The minimum absolute atomic E-state index is 0.408. The van der Waals surface area contributed by atoms with Gasteiger partial charge < -0.3 is 5.32 Å². The van der Waals surface area contributed by atoms with E-state index in [2.05, 4.69) is 46.8 Å². The molecule has 1 N–H and O–H groups in total. The van der Waals surface area contributed by atoms with Crippen molar-refractivity contribution in [3.8, 4) is 5.69 Å². The molecule has 1 aromatic heterocycles. The molecule has 1 fully saturated rings. The molecule has 1 aliphatic carbocycles. The first-order valence-corrected chi connectivity index (χ1v) is 7.03. The maximum Gasteiger partial charge on any atom is 0.0697 e. The molecular formula is C15H20N4. The quantitative estimate of drug-likeness (QED) is 0.894. The summed E-state index contributed by atoms with van der Waals surface area (Å²) in [5, 5.41) is 11.4. The fourth-order valence-corrected chi connectivity index (χ4v) is 2.42. The summed E-state index contributed by atoms with van der Waals surface area (Å²) in [6.07, 6.45) is 7.74. The van der Waals surface area contributed by atoms with Crippen molar-refractivity contribution in [1.29, 1.82) is 0 Å². The van der Waals surface area contributed by atoms with E-state index in [-0.39, 0.29) is 0 Å². The Morgan fingerprint density at radius 3 is 2.68 bits per heavy atom. The van der Waals surface area contributed by atoms with Gasteiger partial charge in [0.1, 0.15) is 0 Å². The molecule has 0 unspecified atom stereocenters. The van der Waals surface area contributed by atoms with E-state index in [1.165, 1.54) is 24.8 Å². The molecule has 4 nitrogen and oxygen atoms in total. The monoisotopic (exact) mass is 256 g/mol. The summed E-state index contributed by atoms with van der Waals surface area (Å²) in [7, 11) is 0. The van der Waals surface area contributed by atoms with Gasteiger partial charge in [-0.15, -0.1) is 5.10 Å². The molecule has 1 heterocycles. The van der Waals surface area contributed by atoms with E-state index in [4.69, 9.17) is 0 Å². The van der Waals surface area contributed by atoms with E-state index in [0.717, 1.165) is 18.2 Å². The normalized spacial score (nSPS) is 17.1. The summed E-state index contributed by atoms with van der Waals surface area (Å²) >= 11 is 0. The second-order valence-electron chi connectivity index (χ2n) is 5.37. The zero-order chi connectivity index (χ0) is 13.1. The molecule has 0 saturated heterocycles. The molecule has 4 heteroatoms. The zero-order valence-electron chi connectivity index (χ0n) is 11.3. The molecule has 2 aromatic rings. The van der Waals surface area contributed by atoms with Crippen LogP contribution in [0.5, 0.6) is 0 Å². The van der Waals surface area contributed by atoms with Crippen LogP contribution in [-0.2, 0) is 0 Å². The molecule has 100 valence electrons. The van der Waals surface area contributed by atoms with Crippen LogP contribution >= 0.6 is 0 Å². The third-order valence-electron chi connectivity index (χ3n) is 4.02. The summed E-state index contributed by atoms with van der Waals surface area (Å²) < 4.78 is 1.77. The van der Waals surface area contributed by atoms with Gasteiger partial charge in [0.15, 0.2) is 0 Å². The minimum Gasteiger partial charge on any atom is -0.310 e. The van der Waals surface area contributed by atoms with Crippen LogP contribution < -0.4 is 5.32 Å². The molecule has 0 aliphatic heterocycles. The van der Waals surface area contributed by atoms with Crippen molar-refractivity contribution in [2.75, 3.05) is 6.54 Å². The molecule has 0 radical (unpaired) electrons. The van der Waals surface area contributed by atoms with E-state index in [9.17, 15) is 0 Å². The number of hydrogen-bond donors (Lipinski definition) is 1. The lowest BCUT2D eigenvalue weighted by Crippen LogP contribution is -2.29. The Labute approximate surface area is 113 Å². The van der Waals surface area contributed by atoms with Crippen LogP contribution in [0, 0.1) is 5.92 Å². The lowest BCUT2D eigenvalue weighted by Gasteiger charge is -2.27. The number of rotatable bonds is 5. The van der Waals surface area contributed by atoms with Crippen LogP contribution in [0.25, 0.3) is 5.69 Å². The minimum atomic E-state index is 0.408. The van der Waals surface area contributed by atoms with Crippen molar-refractivity contribution < 1.29 is 0 Å². The van der Waals surface area contributed by atoms with E-state index in [0.29, 0.717) is 6.04 Å². The van der Waals surface area contributed by atoms with E-state index in [1.807, 2.05) is 6.20 Å². The standard InChI is InChI=1S/C15H20N4/c1-12(16-11-13-3-2-4-13)14-5-7-15(8-6-14)19-10-9-17-18-19/h5-10,12-13,16H,2-4,11H2,1H3/t12-/m1/s1. The topological polar surface area (TPSA) is 42.7 Å². The fraction of sp³-hybridized carbons (Fsp3) is 0.467. The van der Waals surface area contributed by atoms with Crippen LogP contribution in [-0.4, -0.2) is 21.5 Å². The molecule has 1 aliphatic rings. The summed E-state index contributed by atoms with van der Waals surface area (Å²) in [4.78, 5) is 0. The molecular weight excluding hydrogens is 236 g/mol. The van der Waals surface area contributed by atoms with E-state index in [1.54, 1.807) is 10.9 Å². The van der Waals surface area contributed by atoms with Crippen molar-refractivity contribution in [2.45, 2.75) is 32.2 Å². The zero-order valence-corrected chi connectivity index (χ0v) is 11.3.